The van der Waals surface area contributed by atoms with Crippen LogP contribution in [0.4, 0.5) is 0 Å². The Bertz CT molecular complexity index is 153. The van der Waals surface area contributed by atoms with Gasteiger partial charge in [0.25, 0.3) is 0 Å². The van der Waals surface area contributed by atoms with Crippen molar-refractivity contribution in [3.05, 3.63) is 0 Å². The Morgan fingerprint density at radius 3 is 2.56 bits per heavy atom. The summed E-state index contributed by atoms with van der Waals surface area (Å²) in [6.45, 7) is 3.29. The summed E-state index contributed by atoms with van der Waals surface area (Å²) in [5.41, 5.74) is 0.338. The molecule has 2 saturated heterocycles. The van der Waals surface area contributed by atoms with Gasteiger partial charge < -0.3 is 10.1 Å². The van der Waals surface area contributed by atoms with Crippen molar-refractivity contribution in [1.82, 2.24) is 5.32 Å². The molecule has 3 fully saturated rings. The Kier molecular flexibility index (Phi) is 0.616. The Hall–Kier alpha value is -0.0800. The Balaban J connectivity index is 1.90. The normalized spacial score (nSPS) is 50.7. The largest absolute Gasteiger partial charge is 0.372 e. The predicted molar refractivity (Wildman–Crippen MR) is 33.1 cm³/mol. The van der Waals surface area contributed by atoms with Gasteiger partial charge in [-0.25, -0.2) is 0 Å². The van der Waals surface area contributed by atoms with E-state index in [-0.39, 0.29) is 0 Å². The maximum Gasteiger partial charge on any atom is 0.0961 e. The topological polar surface area (TPSA) is 21.3 Å². The van der Waals surface area contributed by atoms with Crippen molar-refractivity contribution in [2.75, 3.05) is 19.7 Å². The predicted octanol–water partition coefficient (Wildman–Crippen LogP) is -0.00530. The lowest BCUT2D eigenvalue weighted by Gasteiger charge is -2.40. The van der Waals surface area contributed by atoms with E-state index in [1.54, 1.807) is 0 Å². The Morgan fingerprint density at radius 1 is 1.44 bits per heavy atom. The lowest BCUT2D eigenvalue weighted by atomic mass is 9.91. The summed E-state index contributed by atoms with van der Waals surface area (Å²) in [7, 11) is 0. The fraction of sp³-hybridized carbons (Fsp3) is 1.00. The van der Waals surface area contributed by atoms with E-state index in [2.05, 4.69) is 5.32 Å². The van der Waals surface area contributed by atoms with Gasteiger partial charge >= 0.3 is 0 Å². The highest BCUT2D eigenvalue weighted by atomic mass is 16.5. The Labute approximate surface area is 54.6 Å². The molecule has 2 nitrogen and oxygen atoms in total. The average Bonchev–Trinajstić information content (AvgIpc) is 2.42. The highest BCUT2D eigenvalue weighted by molar-refractivity contribution is 5.13. The second-order valence-corrected chi connectivity index (χ2v) is 3.58. The van der Waals surface area contributed by atoms with E-state index in [9.17, 15) is 0 Å². The SMILES string of the molecule is C1OC2(CNC2)[C@H]2C[C@@H]12. The molecule has 1 N–H and O–H groups in total. The van der Waals surface area contributed by atoms with Crippen LogP contribution < -0.4 is 5.32 Å². The molecule has 1 spiro atoms. The van der Waals surface area contributed by atoms with Crippen LogP contribution in [0.2, 0.25) is 0 Å². The maximum atomic E-state index is 5.68. The summed E-state index contributed by atoms with van der Waals surface area (Å²) in [5, 5.41) is 3.28. The van der Waals surface area contributed by atoms with Gasteiger partial charge in [0.2, 0.25) is 0 Å². The van der Waals surface area contributed by atoms with Crippen LogP contribution >= 0.6 is 0 Å². The number of hydrogen-bond acceptors (Lipinski definition) is 2. The van der Waals surface area contributed by atoms with Crippen molar-refractivity contribution in [2.45, 2.75) is 12.0 Å². The molecule has 2 aliphatic heterocycles. The van der Waals surface area contributed by atoms with Gasteiger partial charge in [0.15, 0.2) is 0 Å². The third kappa shape index (κ3) is 0.413. The molecule has 0 aromatic heterocycles. The number of hydrogen-bond donors (Lipinski definition) is 1. The van der Waals surface area contributed by atoms with E-state index >= 15 is 0 Å². The van der Waals surface area contributed by atoms with Crippen LogP contribution in [0.15, 0.2) is 0 Å². The van der Waals surface area contributed by atoms with Crippen molar-refractivity contribution in [3.8, 4) is 0 Å². The third-order valence-electron chi connectivity index (χ3n) is 3.03. The summed E-state index contributed by atoms with van der Waals surface area (Å²) in [6, 6.07) is 0. The number of rotatable bonds is 0. The van der Waals surface area contributed by atoms with Gasteiger partial charge in [-0.15, -0.1) is 0 Å². The summed E-state index contributed by atoms with van der Waals surface area (Å²) in [5.74, 6) is 1.89. The van der Waals surface area contributed by atoms with Crippen LogP contribution in [0.3, 0.4) is 0 Å². The highest BCUT2D eigenvalue weighted by Crippen LogP contribution is 2.55. The van der Waals surface area contributed by atoms with E-state index < -0.39 is 0 Å². The van der Waals surface area contributed by atoms with E-state index in [1.165, 1.54) is 6.42 Å². The number of nitrogens with one attached hydrogen (secondary N) is 1. The molecule has 0 amide bonds. The van der Waals surface area contributed by atoms with Crippen LogP contribution in [0.1, 0.15) is 6.42 Å². The van der Waals surface area contributed by atoms with Crippen LogP contribution in [0, 0.1) is 11.8 Å². The molecule has 3 aliphatic rings. The van der Waals surface area contributed by atoms with Crippen LogP contribution in [0.5, 0.6) is 0 Å². The molecule has 3 rings (SSSR count). The Morgan fingerprint density at radius 2 is 2.33 bits per heavy atom. The molecule has 0 unspecified atom stereocenters. The van der Waals surface area contributed by atoms with Crippen molar-refractivity contribution in [2.24, 2.45) is 11.8 Å². The molecule has 2 atom stereocenters. The lowest BCUT2D eigenvalue weighted by molar-refractivity contribution is -0.0620. The summed E-state index contributed by atoms with van der Waals surface area (Å²) in [4.78, 5) is 0. The molecule has 50 valence electrons. The van der Waals surface area contributed by atoms with Crippen molar-refractivity contribution in [1.29, 1.82) is 0 Å². The van der Waals surface area contributed by atoms with Gasteiger partial charge in [-0.1, -0.05) is 0 Å². The standard InChI is InChI=1S/C7H11NO/c1-5-2-9-7(6(1)5)3-8-4-7/h5-6,8H,1-4H2/t5-,6-/m0/s1. The zero-order valence-electron chi connectivity index (χ0n) is 5.39. The second-order valence-electron chi connectivity index (χ2n) is 3.58. The van der Waals surface area contributed by atoms with E-state index in [4.69, 9.17) is 4.74 Å². The van der Waals surface area contributed by atoms with Gasteiger partial charge in [-0.2, -0.15) is 0 Å². The van der Waals surface area contributed by atoms with Crippen molar-refractivity contribution < 1.29 is 4.74 Å². The van der Waals surface area contributed by atoms with Gasteiger partial charge in [-0.05, 0) is 18.3 Å². The summed E-state index contributed by atoms with van der Waals surface area (Å²) in [6.07, 6.45) is 1.45. The first kappa shape index (κ1) is 4.69. The van der Waals surface area contributed by atoms with Gasteiger partial charge in [-0.3, -0.25) is 0 Å². The van der Waals surface area contributed by atoms with Crippen molar-refractivity contribution in [3.63, 3.8) is 0 Å². The minimum atomic E-state index is 0.338. The van der Waals surface area contributed by atoms with E-state index in [0.717, 1.165) is 31.5 Å². The van der Waals surface area contributed by atoms with Gasteiger partial charge in [0.1, 0.15) is 0 Å². The molecule has 0 bridgehead atoms. The second kappa shape index (κ2) is 1.18. The molecule has 1 aliphatic carbocycles. The minimum Gasteiger partial charge on any atom is -0.372 e. The molecule has 9 heavy (non-hydrogen) atoms. The first-order valence-corrected chi connectivity index (χ1v) is 3.75. The number of fused-ring (bicyclic) bond motifs is 2. The molecule has 0 aromatic carbocycles. The highest BCUT2D eigenvalue weighted by Gasteiger charge is 2.61. The first-order valence-electron chi connectivity index (χ1n) is 3.75. The zero-order chi connectivity index (χ0) is 5.90. The summed E-state index contributed by atoms with van der Waals surface area (Å²) < 4.78 is 5.68. The third-order valence-corrected chi connectivity index (χ3v) is 3.03. The molecule has 0 radical (unpaired) electrons. The molecular weight excluding hydrogens is 114 g/mol. The maximum absolute atomic E-state index is 5.68. The van der Waals surface area contributed by atoms with E-state index in [1.807, 2.05) is 0 Å². The monoisotopic (exact) mass is 125 g/mol. The quantitative estimate of drug-likeness (QED) is 0.492. The average molecular weight is 125 g/mol. The minimum absolute atomic E-state index is 0.338. The fourth-order valence-corrected chi connectivity index (χ4v) is 2.19. The molecule has 2 heterocycles. The smallest absolute Gasteiger partial charge is 0.0961 e. The van der Waals surface area contributed by atoms with Crippen LogP contribution in [-0.2, 0) is 4.74 Å². The van der Waals surface area contributed by atoms with Gasteiger partial charge in [0, 0.05) is 13.1 Å². The molecule has 2 heteroatoms. The molecule has 1 saturated carbocycles. The zero-order valence-corrected chi connectivity index (χ0v) is 5.39. The van der Waals surface area contributed by atoms with Crippen LogP contribution in [-0.4, -0.2) is 25.3 Å². The van der Waals surface area contributed by atoms with Crippen molar-refractivity contribution >= 4 is 0 Å². The van der Waals surface area contributed by atoms with Gasteiger partial charge in [0.05, 0.1) is 12.2 Å². The number of ether oxygens (including phenoxy) is 1. The molecular formula is C7H11NO. The fourth-order valence-electron chi connectivity index (χ4n) is 2.19. The van der Waals surface area contributed by atoms with E-state index in [0.29, 0.717) is 5.60 Å². The first-order chi connectivity index (χ1) is 4.41. The lowest BCUT2D eigenvalue weighted by Crippen LogP contribution is -2.61. The molecule has 0 aromatic rings. The van der Waals surface area contributed by atoms with Crippen LogP contribution in [0.25, 0.3) is 0 Å². The summed E-state index contributed by atoms with van der Waals surface area (Å²) >= 11 is 0.